The van der Waals surface area contributed by atoms with E-state index in [0.717, 1.165) is 36.5 Å². The number of nitrogens with zero attached hydrogens (tertiary/aromatic N) is 1. The zero-order valence-electron chi connectivity index (χ0n) is 14.7. The van der Waals surface area contributed by atoms with Gasteiger partial charge in [-0.05, 0) is 42.7 Å². The van der Waals surface area contributed by atoms with Crippen molar-refractivity contribution in [2.24, 2.45) is 0 Å². The summed E-state index contributed by atoms with van der Waals surface area (Å²) in [4.78, 5) is 16.4. The smallest absolute Gasteiger partial charge is 0.252 e. The molecule has 0 atom stereocenters. The Morgan fingerprint density at radius 2 is 2.04 bits per heavy atom. The summed E-state index contributed by atoms with van der Waals surface area (Å²) in [5, 5.41) is 6.09. The van der Waals surface area contributed by atoms with Gasteiger partial charge in [0.25, 0.3) is 5.91 Å². The third-order valence-corrected chi connectivity index (χ3v) is 3.69. The van der Waals surface area contributed by atoms with E-state index in [1.54, 1.807) is 26.5 Å². The second-order valence-electron chi connectivity index (χ2n) is 5.56. The maximum absolute atomic E-state index is 12.2. The lowest BCUT2D eigenvalue weighted by Crippen LogP contribution is -2.25. The highest BCUT2D eigenvalue weighted by Crippen LogP contribution is 2.12. The molecule has 134 valence electrons. The molecule has 6 heteroatoms. The zero-order valence-corrected chi connectivity index (χ0v) is 14.7. The number of nitrogens with one attached hydrogen (secondary N) is 2. The maximum atomic E-state index is 12.2. The molecule has 0 unspecified atom stereocenters. The summed E-state index contributed by atoms with van der Waals surface area (Å²) in [6.45, 7) is 2.05. The van der Waals surface area contributed by atoms with Gasteiger partial charge in [-0.2, -0.15) is 0 Å². The number of rotatable bonds is 10. The Hall–Kier alpha value is -2.60. The quantitative estimate of drug-likeness (QED) is 0.649. The van der Waals surface area contributed by atoms with E-state index in [2.05, 4.69) is 15.6 Å². The number of carbonyl (C=O) groups excluding carboxylic acids is 1. The molecule has 0 radical (unpaired) electrons. The molecule has 0 aliphatic heterocycles. The normalized spacial score (nSPS) is 10.3. The lowest BCUT2D eigenvalue weighted by atomic mass is 10.1. The summed E-state index contributed by atoms with van der Waals surface area (Å²) >= 11 is 0. The van der Waals surface area contributed by atoms with Crippen LogP contribution in [0.3, 0.4) is 0 Å². The Balaban J connectivity index is 1.76. The zero-order chi connectivity index (χ0) is 17.9. The van der Waals surface area contributed by atoms with Crippen LogP contribution in [0.5, 0.6) is 5.75 Å². The van der Waals surface area contributed by atoms with Crippen LogP contribution in [0.15, 0.2) is 42.6 Å². The van der Waals surface area contributed by atoms with Gasteiger partial charge in [-0.1, -0.05) is 12.1 Å². The van der Waals surface area contributed by atoms with Crippen molar-refractivity contribution in [1.82, 2.24) is 10.3 Å². The van der Waals surface area contributed by atoms with Gasteiger partial charge in [-0.3, -0.25) is 4.79 Å². The summed E-state index contributed by atoms with van der Waals surface area (Å²) in [6.07, 6.45) is 3.24. The average molecular weight is 343 g/mol. The van der Waals surface area contributed by atoms with E-state index < -0.39 is 0 Å². The monoisotopic (exact) mass is 343 g/mol. The third-order valence-electron chi connectivity index (χ3n) is 3.69. The predicted molar refractivity (Wildman–Crippen MR) is 98.3 cm³/mol. The molecule has 0 bridgehead atoms. The van der Waals surface area contributed by atoms with Crippen molar-refractivity contribution in [2.75, 3.05) is 39.2 Å². The van der Waals surface area contributed by atoms with Crippen molar-refractivity contribution in [1.29, 1.82) is 0 Å². The summed E-state index contributed by atoms with van der Waals surface area (Å²) in [5.74, 6) is 1.45. The molecule has 1 heterocycles. The fourth-order valence-electron chi connectivity index (χ4n) is 2.32. The number of hydrogen-bond acceptors (Lipinski definition) is 5. The topological polar surface area (TPSA) is 72.5 Å². The first kappa shape index (κ1) is 18.7. The second-order valence-corrected chi connectivity index (χ2v) is 5.56. The lowest BCUT2D eigenvalue weighted by molar-refractivity contribution is 0.0954. The molecule has 1 amide bonds. The van der Waals surface area contributed by atoms with Gasteiger partial charge in [-0.15, -0.1) is 0 Å². The van der Waals surface area contributed by atoms with Crippen LogP contribution in [-0.2, 0) is 11.2 Å². The molecule has 0 saturated heterocycles. The van der Waals surface area contributed by atoms with Crippen LogP contribution in [0, 0.1) is 0 Å². The molecule has 0 aliphatic carbocycles. The highest BCUT2D eigenvalue weighted by Gasteiger charge is 2.06. The number of pyridine rings is 1. The molecule has 6 nitrogen and oxygen atoms in total. The van der Waals surface area contributed by atoms with Gasteiger partial charge < -0.3 is 20.1 Å². The Morgan fingerprint density at radius 1 is 1.16 bits per heavy atom. The molecule has 2 rings (SSSR count). The molecular weight excluding hydrogens is 318 g/mol. The van der Waals surface area contributed by atoms with Crippen molar-refractivity contribution in [3.05, 3.63) is 53.7 Å². The van der Waals surface area contributed by atoms with Crippen molar-refractivity contribution < 1.29 is 14.3 Å². The Bertz CT molecular complexity index is 659. The number of benzene rings is 1. The Morgan fingerprint density at radius 3 is 2.76 bits per heavy atom. The van der Waals surface area contributed by atoms with E-state index in [-0.39, 0.29) is 5.91 Å². The molecule has 25 heavy (non-hydrogen) atoms. The van der Waals surface area contributed by atoms with Gasteiger partial charge in [0.15, 0.2) is 0 Å². The Labute approximate surface area is 148 Å². The van der Waals surface area contributed by atoms with Crippen LogP contribution >= 0.6 is 0 Å². The van der Waals surface area contributed by atoms with Gasteiger partial charge in [-0.25, -0.2) is 4.98 Å². The predicted octanol–water partition coefficient (Wildman–Crippen LogP) is 2.51. The molecule has 0 fully saturated rings. The van der Waals surface area contributed by atoms with E-state index in [4.69, 9.17) is 9.47 Å². The Kier molecular flexibility index (Phi) is 7.72. The molecule has 1 aromatic carbocycles. The molecule has 0 saturated carbocycles. The molecular formula is C19H25N3O3. The lowest BCUT2D eigenvalue weighted by Gasteiger charge is -2.08. The van der Waals surface area contributed by atoms with Crippen LogP contribution in [0.4, 0.5) is 5.82 Å². The minimum Gasteiger partial charge on any atom is -0.497 e. The second kappa shape index (κ2) is 10.3. The first-order valence-corrected chi connectivity index (χ1v) is 8.33. The van der Waals surface area contributed by atoms with E-state index >= 15 is 0 Å². The number of anilines is 1. The minimum absolute atomic E-state index is 0.124. The van der Waals surface area contributed by atoms with Gasteiger partial charge in [0, 0.05) is 33.0 Å². The molecule has 0 aliphatic rings. The van der Waals surface area contributed by atoms with Gasteiger partial charge >= 0.3 is 0 Å². The number of ether oxygens (including phenoxy) is 2. The van der Waals surface area contributed by atoms with Crippen molar-refractivity contribution in [3.8, 4) is 5.75 Å². The summed E-state index contributed by atoms with van der Waals surface area (Å²) in [6, 6.07) is 11.4. The van der Waals surface area contributed by atoms with Gasteiger partial charge in [0.05, 0.1) is 12.7 Å². The number of amides is 1. The van der Waals surface area contributed by atoms with Crippen LogP contribution < -0.4 is 15.4 Å². The molecule has 2 aromatic rings. The largest absolute Gasteiger partial charge is 0.497 e. The molecule has 1 aromatic heterocycles. The van der Waals surface area contributed by atoms with Crippen molar-refractivity contribution >= 4 is 11.7 Å². The number of hydrogen-bond donors (Lipinski definition) is 2. The maximum Gasteiger partial charge on any atom is 0.252 e. The summed E-state index contributed by atoms with van der Waals surface area (Å²) in [7, 11) is 3.32. The highest BCUT2D eigenvalue weighted by atomic mass is 16.5. The molecule has 2 N–H and O–H groups in total. The van der Waals surface area contributed by atoms with E-state index in [9.17, 15) is 4.79 Å². The summed E-state index contributed by atoms with van der Waals surface area (Å²) < 4.78 is 10.2. The van der Waals surface area contributed by atoms with Crippen LogP contribution in [0.1, 0.15) is 22.3 Å². The number of carbonyl (C=O) groups is 1. The van der Waals surface area contributed by atoms with Gasteiger partial charge in [0.1, 0.15) is 11.6 Å². The number of aromatic nitrogens is 1. The van der Waals surface area contributed by atoms with E-state index in [1.807, 2.05) is 30.3 Å². The standard InChI is InChI=1S/C19H25N3O3/c1-24-12-4-10-20-18-8-7-16(14-22-18)19(23)21-11-9-15-5-3-6-17(13-15)25-2/h3,5-8,13-14H,4,9-12H2,1-2H3,(H,20,22)(H,21,23). The average Bonchev–Trinajstić information content (AvgIpc) is 2.66. The minimum atomic E-state index is -0.124. The molecule has 0 spiro atoms. The highest BCUT2D eigenvalue weighted by molar-refractivity contribution is 5.94. The SMILES string of the molecule is COCCCNc1ccc(C(=O)NCCc2cccc(OC)c2)cn1. The number of methoxy groups -OCH3 is 2. The van der Waals surface area contributed by atoms with Crippen molar-refractivity contribution in [3.63, 3.8) is 0 Å². The van der Waals surface area contributed by atoms with Crippen LogP contribution in [-0.4, -0.2) is 44.8 Å². The van der Waals surface area contributed by atoms with Crippen LogP contribution in [0.25, 0.3) is 0 Å². The van der Waals surface area contributed by atoms with E-state index in [1.165, 1.54) is 0 Å². The first-order valence-electron chi connectivity index (χ1n) is 8.33. The third kappa shape index (κ3) is 6.43. The van der Waals surface area contributed by atoms with Crippen molar-refractivity contribution in [2.45, 2.75) is 12.8 Å². The van der Waals surface area contributed by atoms with E-state index in [0.29, 0.717) is 18.7 Å². The fourth-order valence-corrected chi connectivity index (χ4v) is 2.32. The van der Waals surface area contributed by atoms with Gasteiger partial charge in [0.2, 0.25) is 0 Å². The van der Waals surface area contributed by atoms with Crippen LogP contribution in [0.2, 0.25) is 0 Å². The summed E-state index contributed by atoms with van der Waals surface area (Å²) in [5.41, 5.74) is 1.67. The fraction of sp³-hybridized carbons (Fsp3) is 0.368. The first-order chi connectivity index (χ1) is 12.2.